The third kappa shape index (κ3) is 18.5. The van der Waals surface area contributed by atoms with E-state index in [1.54, 1.807) is 18.3 Å². The number of carbonyl (C=O) groups excluding carboxylic acids is 3. The lowest BCUT2D eigenvalue weighted by Crippen LogP contribution is -2.41. The van der Waals surface area contributed by atoms with Crippen LogP contribution in [0.4, 0.5) is 0 Å². The molecule has 40 heavy (non-hydrogen) atoms. The number of nitrogens with one attached hydrogen (secondary N) is 2. The van der Waals surface area contributed by atoms with E-state index in [0.717, 1.165) is 44.9 Å². The molecule has 2 N–H and O–H groups in total. The molecular weight excluding hydrogens is 502 g/mol. The number of esters is 1. The van der Waals surface area contributed by atoms with Crippen LogP contribution in [0, 0.1) is 0 Å². The monoisotopic (exact) mass is 549 g/mol. The van der Waals surface area contributed by atoms with Gasteiger partial charge in [-0.1, -0.05) is 67.7 Å². The summed E-state index contributed by atoms with van der Waals surface area (Å²) in [5, 5.41) is 5.62. The Kier molecular flexibility index (Phi) is 20.8. The molecule has 1 rings (SSSR count). The average molecular weight is 550 g/mol. The third-order valence-corrected chi connectivity index (χ3v) is 5.89. The van der Waals surface area contributed by atoms with Crippen molar-refractivity contribution in [3.05, 3.63) is 90.9 Å². The molecule has 0 unspecified atom stereocenters. The molecule has 0 radical (unpaired) electrons. The van der Waals surface area contributed by atoms with E-state index in [1.165, 1.54) is 13.3 Å². The zero-order valence-corrected chi connectivity index (χ0v) is 24.2. The maximum Gasteiger partial charge on any atom is 0.328 e. The van der Waals surface area contributed by atoms with Gasteiger partial charge in [0.1, 0.15) is 6.04 Å². The normalized spacial score (nSPS) is 12.7. The summed E-state index contributed by atoms with van der Waals surface area (Å²) in [5.41, 5.74) is 0.383. The Hall–Kier alpha value is -3.74. The molecule has 0 spiro atoms. The maximum atomic E-state index is 12.3. The summed E-state index contributed by atoms with van der Waals surface area (Å²) in [6.45, 7) is 2.68. The molecule has 1 aromatic heterocycles. The fourth-order valence-electron chi connectivity index (χ4n) is 3.67. The van der Waals surface area contributed by atoms with Crippen molar-refractivity contribution >= 4 is 17.8 Å². The second-order valence-electron chi connectivity index (χ2n) is 9.24. The highest BCUT2D eigenvalue weighted by atomic mass is 16.5. The second kappa shape index (κ2) is 24.3. The Labute approximate surface area is 240 Å². The predicted molar refractivity (Wildman–Crippen MR) is 163 cm³/mol. The van der Waals surface area contributed by atoms with Gasteiger partial charge in [-0.3, -0.25) is 14.6 Å². The van der Waals surface area contributed by atoms with Crippen LogP contribution in [0.15, 0.2) is 85.3 Å². The molecule has 0 bridgehead atoms. The lowest BCUT2D eigenvalue weighted by atomic mass is 10.1. The van der Waals surface area contributed by atoms with Crippen LogP contribution in [0.3, 0.4) is 0 Å². The summed E-state index contributed by atoms with van der Waals surface area (Å²) in [5.74, 6) is -0.831. The van der Waals surface area contributed by atoms with Crippen molar-refractivity contribution in [2.45, 2.75) is 83.6 Å². The summed E-state index contributed by atoms with van der Waals surface area (Å²) >= 11 is 0. The van der Waals surface area contributed by atoms with E-state index >= 15 is 0 Å². The van der Waals surface area contributed by atoms with E-state index in [2.05, 4.69) is 83.3 Å². The van der Waals surface area contributed by atoms with Crippen LogP contribution in [-0.2, 0) is 14.3 Å². The molecule has 7 heteroatoms. The quantitative estimate of drug-likeness (QED) is 0.103. The molecule has 0 fully saturated rings. The van der Waals surface area contributed by atoms with Crippen LogP contribution in [0.1, 0.15) is 87.9 Å². The first-order chi connectivity index (χ1) is 19.6. The van der Waals surface area contributed by atoms with Crippen LogP contribution in [0.5, 0.6) is 0 Å². The molecule has 1 aromatic rings. The van der Waals surface area contributed by atoms with Crippen LogP contribution < -0.4 is 10.6 Å². The number of pyridine rings is 1. The van der Waals surface area contributed by atoms with Crippen molar-refractivity contribution in [3.63, 3.8) is 0 Å². The Bertz CT molecular complexity index is 981. The van der Waals surface area contributed by atoms with Crippen LogP contribution in [0.2, 0.25) is 0 Å². The number of ether oxygens (including phenoxy) is 1. The Morgan fingerprint density at radius 1 is 0.875 bits per heavy atom. The van der Waals surface area contributed by atoms with Crippen LogP contribution in [-0.4, -0.2) is 42.5 Å². The van der Waals surface area contributed by atoms with E-state index in [4.69, 9.17) is 4.74 Å². The van der Waals surface area contributed by atoms with Crippen LogP contribution in [0.25, 0.3) is 0 Å². The van der Waals surface area contributed by atoms with Crippen molar-refractivity contribution in [2.24, 2.45) is 0 Å². The van der Waals surface area contributed by atoms with Crippen molar-refractivity contribution < 1.29 is 19.1 Å². The number of rotatable bonds is 21. The summed E-state index contributed by atoms with van der Waals surface area (Å²) in [4.78, 5) is 40.3. The fourth-order valence-corrected chi connectivity index (χ4v) is 3.67. The number of hydrogen-bond acceptors (Lipinski definition) is 5. The molecule has 0 aromatic carbocycles. The summed E-state index contributed by atoms with van der Waals surface area (Å²) in [6.07, 6.45) is 33.6. The van der Waals surface area contributed by atoms with Gasteiger partial charge in [-0.15, -0.1) is 0 Å². The summed E-state index contributed by atoms with van der Waals surface area (Å²) < 4.78 is 4.81. The lowest BCUT2D eigenvalue weighted by molar-refractivity contribution is -0.143. The smallest absolute Gasteiger partial charge is 0.328 e. The fraction of sp³-hybridized carbons (Fsp3) is 0.455. The first-order valence-corrected chi connectivity index (χ1v) is 14.4. The molecule has 1 atom stereocenters. The molecule has 0 aliphatic rings. The van der Waals surface area contributed by atoms with Gasteiger partial charge in [0, 0.05) is 25.4 Å². The van der Waals surface area contributed by atoms with E-state index in [9.17, 15) is 14.4 Å². The first-order valence-electron chi connectivity index (χ1n) is 14.4. The molecule has 0 saturated carbocycles. The van der Waals surface area contributed by atoms with E-state index in [-0.39, 0.29) is 11.8 Å². The standard InChI is InChI=1S/C33H47N3O4/c1-3-4-5-6-7-8-9-10-11-12-13-14-15-16-17-18-19-25-31(37)35-27-21-20-24-30(33(39)40-2)36-32(38)29-23-22-26-34-28-29/h4-5,7-8,10-11,13-14,16-17,22-23,26,28,30H,3,6,9,12,15,18-21,24-25,27H2,1-2H3,(H,35,37)(H,36,38)/b5-4-,8-7-,11-10-,14-13-,17-16-/t30-/m0/s1. The molecule has 218 valence electrons. The Morgan fingerprint density at radius 3 is 2.08 bits per heavy atom. The van der Waals surface area contributed by atoms with Crippen LogP contribution >= 0.6 is 0 Å². The van der Waals surface area contributed by atoms with Crippen molar-refractivity contribution in [1.82, 2.24) is 15.6 Å². The minimum atomic E-state index is -0.739. The number of allylic oxidation sites excluding steroid dienone is 10. The molecule has 7 nitrogen and oxygen atoms in total. The lowest BCUT2D eigenvalue weighted by Gasteiger charge is -2.16. The van der Waals surface area contributed by atoms with Crippen molar-refractivity contribution in [1.29, 1.82) is 0 Å². The molecule has 1 heterocycles. The highest BCUT2D eigenvalue weighted by Gasteiger charge is 2.21. The first kappa shape index (κ1) is 34.3. The highest BCUT2D eigenvalue weighted by Crippen LogP contribution is 2.06. The van der Waals surface area contributed by atoms with E-state index in [0.29, 0.717) is 37.8 Å². The van der Waals surface area contributed by atoms with Gasteiger partial charge in [-0.25, -0.2) is 4.79 Å². The minimum absolute atomic E-state index is 0.0294. The molecule has 0 aliphatic carbocycles. The van der Waals surface area contributed by atoms with Gasteiger partial charge >= 0.3 is 5.97 Å². The zero-order chi connectivity index (χ0) is 29.1. The zero-order valence-electron chi connectivity index (χ0n) is 24.2. The summed E-state index contributed by atoms with van der Waals surface area (Å²) in [6, 6.07) is 2.55. The van der Waals surface area contributed by atoms with Gasteiger partial charge in [0.25, 0.3) is 5.91 Å². The number of amides is 2. The number of hydrogen-bond donors (Lipinski definition) is 2. The molecular formula is C33H47N3O4. The van der Waals surface area contributed by atoms with Gasteiger partial charge in [0.2, 0.25) is 5.91 Å². The summed E-state index contributed by atoms with van der Waals surface area (Å²) in [7, 11) is 1.30. The number of nitrogens with zero attached hydrogens (tertiary/aromatic N) is 1. The van der Waals surface area contributed by atoms with Crippen molar-refractivity contribution in [2.75, 3.05) is 13.7 Å². The maximum absolute atomic E-state index is 12.3. The Balaban J connectivity index is 2.08. The molecule has 2 amide bonds. The van der Waals surface area contributed by atoms with E-state index in [1.807, 2.05) is 0 Å². The second-order valence-corrected chi connectivity index (χ2v) is 9.24. The topological polar surface area (TPSA) is 97.4 Å². The Morgan fingerprint density at radius 2 is 1.50 bits per heavy atom. The number of carbonyl (C=O) groups is 3. The van der Waals surface area contributed by atoms with E-state index < -0.39 is 12.0 Å². The van der Waals surface area contributed by atoms with Gasteiger partial charge in [0.05, 0.1) is 12.7 Å². The molecule has 0 aliphatic heterocycles. The molecule has 0 saturated heterocycles. The number of methoxy groups -OCH3 is 1. The van der Waals surface area contributed by atoms with Gasteiger partial charge in [-0.2, -0.15) is 0 Å². The minimum Gasteiger partial charge on any atom is -0.467 e. The predicted octanol–water partition coefficient (Wildman–Crippen LogP) is 6.56. The largest absolute Gasteiger partial charge is 0.467 e. The number of unbranched alkanes of at least 4 members (excludes halogenated alkanes) is 2. The number of aromatic nitrogens is 1. The van der Waals surface area contributed by atoms with Crippen molar-refractivity contribution in [3.8, 4) is 0 Å². The average Bonchev–Trinajstić information content (AvgIpc) is 2.97. The highest BCUT2D eigenvalue weighted by molar-refractivity contribution is 5.96. The SMILES string of the molecule is CC/C=C\C/C=C\C/C=C\C/C=C\C/C=C\CCCC(=O)NCCCC[C@H](NC(=O)c1cccnc1)C(=O)OC. The third-order valence-electron chi connectivity index (χ3n) is 5.89. The van der Waals surface area contributed by atoms with Gasteiger partial charge in [0.15, 0.2) is 0 Å². The van der Waals surface area contributed by atoms with Gasteiger partial charge in [-0.05, 0) is 76.3 Å². The van der Waals surface area contributed by atoms with Gasteiger partial charge < -0.3 is 15.4 Å².